The van der Waals surface area contributed by atoms with Crippen LogP contribution in [0.2, 0.25) is 0 Å². The highest BCUT2D eigenvalue weighted by Gasteiger charge is 2.44. The number of rotatable bonds is 15. The molecule has 0 bridgehead atoms. The van der Waals surface area contributed by atoms with Crippen LogP contribution in [0.15, 0.2) is 91.0 Å². The normalized spacial score (nSPS) is 21.5. The van der Waals surface area contributed by atoms with E-state index >= 15 is 0 Å². The first-order valence-corrected chi connectivity index (χ1v) is 13.0. The lowest BCUT2D eigenvalue weighted by molar-refractivity contribution is -0.113. The minimum absolute atomic E-state index is 0.0123. The Balaban J connectivity index is 1.48. The van der Waals surface area contributed by atoms with Gasteiger partial charge in [0.25, 0.3) is 0 Å². The van der Waals surface area contributed by atoms with Crippen molar-refractivity contribution in [1.29, 1.82) is 0 Å². The van der Waals surface area contributed by atoms with Gasteiger partial charge in [-0.25, -0.2) is 0 Å². The minimum Gasteiger partial charge on any atom is -0.375 e. The van der Waals surface area contributed by atoms with E-state index in [9.17, 15) is 0 Å². The van der Waals surface area contributed by atoms with Crippen LogP contribution in [0.1, 0.15) is 29.5 Å². The standard InChI is InChI=1S/C31H39NO5/c1-33-29(34-2)19-18-27-30(36-21-25-14-8-4-9-15-25)31(37-22-26-16-10-5-11-17-26)28(32-27)23-35-20-24-12-6-3-7-13-24/h3-17,27-32H,18-23H2,1-2H3/t27-,28-,30-,31-/m0/s1. The zero-order valence-corrected chi connectivity index (χ0v) is 21.8. The van der Waals surface area contributed by atoms with Crippen LogP contribution in [-0.4, -0.2) is 51.4 Å². The molecule has 0 spiro atoms. The molecule has 1 fully saturated rings. The van der Waals surface area contributed by atoms with Crippen LogP contribution in [0.25, 0.3) is 0 Å². The molecule has 3 aromatic rings. The molecule has 0 aliphatic carbocycles. The molecule has 6 nitrogen and oxygen atoms in total. The Hall–Kier alpha value is -2.58. The van der Waals surface area contributed by atoms with E-state index in [4.69, 9.17) is 23.7 Å². The molecular weight excluding hydrogens is 466 g/mol. The fourth-order valence-corrected chi connectivity index (χ4v) is 4.79. The minimum atomic E-state index is -0.256. The molecule has 3 aromatic carbocycles. The Morgan fingerprint density at radius 1 is 0.622 bits per heavy atom. The van der Waals surface area contributed by atoms with Crippen molar-refractivity contribution in [2.75, 3.05) is 20.8 Å². The highest BCUT2D eigenvalue weighted by atomic mass is 16.7. The summed E-state index contributed by atoms with van der Waals surface area (Å²) in [6, 6.07) is 30.8. The van der Waals surface area contributed by atoms with Gasteiger partial charge in [-0.05, 0) is 29.5 Å². The van der Waals surface area contributed by atoms with Gasteiger partial charge >= 0.3 is 0 Å². The maximum atomic E-state index is 6.57. The summed E-state index contributed by atoms with van der Waals surface area (Å²) >= 11 is 0. The van der Waals surface area contributed by atoms with Crippen molar-refractivity contribution in [2.45, 2.75) is 63.2 Å². The van der Waals surface area contributed by atoms with Gasteiger partial charge in [-0.3, -0.25) is 0 Å². The SMILES string of the molecule is COC(CC[C@@H]1N[C@@H](COCc2ccccc2)[C@H](OCc2ccccc2)[C@H]1OCc1ccccc1)OC. The van der Waals surface area contributed by atoms with Crippen molar-refractivity contribution in [1.82, 2.24) is 5.32 Å². The van der Waals surface area contributed by atoms with Gasteiger partial charge in [0.05, 0.1) is 32.5 Å². The number of nitrogens with one attached hydrogen (secondary N) is 1. The molecule has 0 amide bonds. The lowest BCUT2D eigenvalue weighted by Gasteiger charge is -2.27. The summed E-state index contributed by atoms with van der Waals surface area (Å²) in [6.07, 6.45) is 0.996. The van der Waals surface area contributed by atoms with Crippen LogP contribution in [-0.2, 0) is 43.5 Å². The molecular formula is C31H39NO5. The van der Waals surface area contributed by atoms with Crippen LogP contribution >= 0.6 is 0 Å². The van der Waals surface area contributed by atoms with E-state index in [2.05, 4.69) is 41.7 Å². The fourth-order valence-electron chi connectivity index (χ4n) is 4.79. The first kappa shape index (κ1) is 27.5. The third-order valence-electron chi connectivity index (χ3n) is 6.76. The largest absolute Gasteiger partial charge is 0.375 e. The van der Waals surface area contributed by atoms with Crippen molar-refractivity contribution < 1.29 is 23.7 Å². The summed E-state index contributed by atoms with van der Waals surface area (Å²) in [5, 5.41) is 3.77. The zero-order valence-electron chi connectivity index (χ0n) is 21.8. The smallest absolute Gasteiger partial charge is 0.156 e. The first-order chi connectivity index (χ1) is 18.3. The topological polar surface area (TPSA) is 58.2 Å². The Kier molecular flexibility index (Phi) is 11.1. The molecule has 1 N–H and O–H groups in total. The molecule has 4 rings (SSSR count). The van der Waals surface area contributed by atoms with Crippen molar-refractivity contribution in [3.8, 4) is 0 Å². The maximum absolute atomic E-state index is 6.57. The highest BCUT2D eigenvalue weighted by Crippen LogP contribution is 2.27. The van der Waals surface area contributed by atoms with Gasteiger partial charge in [0.2, 0.25) is 0 Å². The van der Waals surface area contributed by atoms with E-state index in [0.717, 1.165) is 29.5 Å². The molecule has 1 aliphatic rings. The molecule has 0 unspecified atom stereocenters. The zero-order chi connectivity index (χ0) is 25.7. The fraction of sp³-hybridized carbons (Fsp3) is 0.419. The Labute approximate surface area is 220 Å². The predicted molar refractivity (Wildman–Crippen MR) is 144 cm³/mol. The van der Waals surface area contributed by atoms with E-state index in [-0.39, 0.29) is 30.6 Å². The van der Waals surface area contributed by atoms with E-state index in [1.165, 1.54) is 0 Å². The summed E-state index contributed by atoms with van der Waals surface area (Å²) in [4.78, 5) is 0. The molecule has 37 heavy (non-hydrogen) atoms. The second kappa shape index (κ2) is 15.0. The quantitative estimate of drug-likeness (QED) is 0.290. The molecule has 0 radical (unpaired) electrons. The van der Waals surface area contributed by atoms with E-state index < -0.39 is 0 Å². The van der Waals surface area contributed by atoms with Gasteiger partial charge in [0, 0.05) is 20.3 Å². The van der Waals surface area contributed by atoms with E-state index in [0.29, 0.717) is 26.4 Å². The molecule has 1 aliphatic heterocycles. The Bertz CT molecular complexity index is 1000. The monoisotopic (exact) mass is 505 g/mol. The van der Waals surface area contributed by atoms with E-state index in [1.807, 2.05) is 54.6 Å². The number of methoxy groups -OCH3 is 2. The summed E-state index contributed by atoms with van der Waals surface area (Å²) < 4.78 is 30.2. The van der Waals surface area contributed by atoms with Gasteiger partial charge < -0.3 is 29.0 Å². The second-order valence-corrected chi connectivity index (χ2v) is 9.38. The Morgan fingerprint density at radius 2 is 1.08 bits per heavy atom. The van der Waals surface area contributed by atoms with Crippen LogP contribution < -0.4 is 5.32 Å². The molecule has 6 heteroatoms. The van der Waals surface area contributed by atoms with Crippen molar-refractivity contribution in [2.24, 2.45) is 0 Å². The Morgan fingerprint density at radius 3 is 1.57 bits per heavy atom. The van der Waals surface area contributed by atoms with Crippen molar-refractivity contribution in [3.63, 3.8) is 0 Å². The molecule has 1 heterocycles. The van der Waals surface area contributed by atoms with Crippen LogP contribution in [0.5, 0.6) is 0 Å². The number of hydrogen-bond acceptors (Lipinski definition) is 6. The molecule has 198 valence electrons. The number of hydrogen-bond donors (Lipinski definition) is 1. The summed E-state index contributed by atoms with van der Waals surface area (Å²) in [5.41, 5.74) is 3.42. The maximum Gasteiger partial charge on any atom is 0.156 e. The third kappa shape index (κ3) is 8.47. The summed E-state index contributed by atoms with van der Waals surface area (Å²) in [5.74, 6) is 0. The lowest BCUT2D eigenvalue weighted by atomic mass is 10.0. The molecule has 1 saturated heterocycles. The average Bonchev–Trinajstić information content (AvgIpc) is 3.29. The number of benzene rings is 3. The summed E-state index contributed by atoms with van der Waals surface area (Å²) in [7, 11) is 3.34. The van der Waals surface area contributed by atoms with Crippen LogP contribution in [0, 0.1) is 0 Å². The van der Waals surface area contributed by atoms with Crippen LogP contribution in [0.4, 0.5) is 0 Å². The first-order valence-electron chi connectivity index (χ1n) is 13.0. The average molecular weight is 506 g/mol. The van der Waals surface area contributed by atoms with Gasteiger partial charge in [-0.15, -0.1) is 0 Å². The van der Waals surface area contributed by atoms with Crippen molar-refractivity contribution >= 4 is 0 Å². The van der Waals surface area contributed by atoms with Crippen LogP contribution in [0.3, 0.4) is 0 Å². The van der Waals surface area contributed by atoms with Gasteiger partial charge in [-0.1, -0.05) is 91.0 Å². The number of ether oxygens (including phenoxy) is 5. The predicted octanol–water partition coefficient (Wildman–Crippen LogP) is 5.11. The molecule has 0 saturated carbocycles. The third-order valence-corrected chi connectivity index (χ3v) is 6.76. The second-order valence-electron chi connectivity index (χ2n) is 9.38. The van der Waals surface area contributed by atoms with Gasteiger partial charge in [0.15, 0.2) is 6.29 Å². The van der Waals surface area contributed by atoms with Crippen molar-refractivity contribution in [3.05, 3.63) is 108 Å². The van der Waals surface area contributed by atoms with Gasteiger partial charge in [0.1, 0.15) is 12.2 Å². The lowest BCUT2D eigenvalue weighted by Crippen LogP contribution is -2.40. The van der Waals surface area contributed by atoms with Gasteiger partial charge in [-0.2, -0.15) is 0 Å². The van der Waals surface area contributed by atoms with E-state index in [1.54, 1.807) is 14.2 Å². The molecule has 0 aromatic heterocycles. The summed E-state index contributed by atoms with van der Waals surface area (Å²) in [6.45, 7) is 2.11. The highest BCUT2D eigenvalue weighted by molar-refractivity contribution is 5.16. The molecule has 4 atom stereocenters.